The Balaban J connectivity index is -0.0000000869. The molecule has 7 heteroatoms. The van der Waals surface area contributed by atoms with Gasteiger partial charge in [0.25, 0.3) is 0 Å². The quantitative estimate of drug-likeness (QED) is 0.157. The third-order valence-corrected chi connectivity index (χ3v) is 5.10. The topological polar surface area (TPSA) is 99.5 Å². The predicted octanol–water partition coefficient (Wildman–Crippen LogP) is 4.86. The molecule has 0 aliphatic heterocycles. The van der Waals surface area contributed by atoms with Gasteiger partial charge in [0.15, 0.2) is 0 Å². The Morgan fingerprint density at radius 2 is 0.704 bits per heavy atom. The molecule has 0 spiro atoms. The molecule has 0 aromatic rings. The second-order valence-corrected chi connectivity index (χ2v) is 9.17. The van der Waals surface area contributed by atoms with Crippen molar-refractivity contribution in [1.82, 2.24) is 0 Å². The van der Waals surface area contributed by atoms with Crippen LogP contribution in [0.5, 0.6) is 0 Å². The van der Waals surface area contributed by atoms with Crippen molar-refractivity contribution in [3.05, 3.63) is 44.4 Å². The van der Waals surface area contributed by atoms with Gasteiger partial charge in [-0.1, -0.05) is 62.3 Å². The van der Waals surface area contributed by atoms with Gasteiger partial charge in [0, 0.05) is 26.2 Å². The first-order valence-electron chi connectivity index (χ1n) is 7.31. The van der Waals surface area contributed by atoms with E-state index in [1.807, 2.05) is 0 Å². The first-order chi connectivity index (χ1) is 11.7. The molecule has 1 unspecified atom stereocenters. The zero-order valence-electron chi connectivity index (χ0n) is 17.5. The fourth-order valence-corrected chi connectivity index (χ4v) is 4.06. The van der Waals surface area contributed by atoms with E-state index >= 15 is 0 Å². The molecule has 27 heavy (non-hydrogen) atoms. The normalized spacial score (nSPS) is 13.0. The van der Waals surface area contributed by atoms with Gasteiger partial charge >= 0.3 is 56.5 Å². The molecule has 0 heterocycles. The molecule has 0 saturated carbocycles. The van der Waals surface area contributed by atoms with Gasteiger partial charge in [0.1, 0.15) is 0 Å². The molecular formula is C20H29MoO5P. The number of allylic oxidation sites excluding steroid dienone is 2. The maximum Gasteiger partial charge on any atom is 0 e. The minimum absolute atomic E-state index is 0. The van der Waals surface area contributed by atoms with E-state index in [0.717, 1.165) is 0 Å². The molecule has 0 N–H and O–H groups in total. The zero-order chi connectivity index (χ0) is 23.2. The van der Waals surface area contributed by atoms with Crippen LogP contribution in [0.15, 0.2) is 11.1 Å². The predicted molar refractivity (Wildman–Crippen MR) is 97.5 cm³/mol. The third-order valence-electron chi connectivity index (χ3n) is 3.66. The summed E-state index contributed by atoms with van der Waals surface area (Å²) in [5, 5.41) is 0.240. The molecule has 0 bridgehead atoms. The van der Waals surface area contributed by atoms with Crippen LogP contribution < -0.4 is 0 Å². The molecule has 0 amide bonds. The Kier molecular flexibility index (Phi) is 26.8. The molecule has 1 aliphatic carbocycles. The van der Waals surface area contributed by atoms with Crippen molar-refractivity contribution in [2.45, 2.75) is 67.5 Å². The Labute approximate surface area is 181 Å². The van der Waals surface area contributed by atoms with Crippen LogP contribution in [0.4, 0.5) is 0 Å². The molecule has 0 radical (unpaired) electrons. The molecule has 1 atom stereocenters. The van der Waals surface area contributed by atoms with Crippen molar-refractivity contribution in [3.63, 3.8) is 0 Å². The van der Waals surface area contributed by atoms with E-state index in [1.165, 1.54) is 0 Å². The van der Waals surface area contributed by atoms with Crippen LogP contribution >= 0.6 is 9.24 Å². The van der Waals surface area contributed by atoms with Gasteiger partial charge in [-0.05, 0) is 27.4 Å². The molecule has 150 valence electrons. The second kappa shape index (κ2) is 17.6. The minimum Gasteiger partial charge on any atom is 0 e. The fraction of sp³-hybridized carbons (Fsp3) is 0.650. The van der Waals surface area contributed by atoms with Gasteiger partial charge in [0.2, 0.25) is 0 Å². The Morgan fingerprint density at radius 3 is 0.741 bits per heavy atom. The Bertz CT molecular complexity index is 474. The van der Waals surface area contributed by atoms with Crippen molar-refractivity contribution >= 4 is 9.24 Å². The molecule has 0 aromatic carbocycles. The largest absolute Gasteiger partial charge is 0 e. The second-order valence-electron chi connectivity index (χ2n) is 8.31. The van der Waals surface area contributed by atoms with Crippen LogP contribution in [0.1, 0.15) is 62.3 Å². The van der Waals surface area contributed by atoms with E-state index in [9.17, 15) is 0 Å². The van der Waals surface area contributed by atoms with Crippen LogP contribution in [-0.2, 0) is 44.3 Å². The molecular weight excluding hydrogens is 447 g/mol. The van der Waals surface area contributed by atoms with Crippen molar-refractivity contribution in [1.29, 1.82) is 0 Å². The van der Waals surface area contributed by atoms with Crippen molar-refractivity contribution in [3.8, 4) is 0 Å². The first-order valence-corrected chi connectivity index (χ1v) is 7.89. The smallest absolute Gasteiger partial charge is 0 e. The zero-order valence-corrected chi connectivity index (χ0v) is 20.7. The van der Waals surface area contributed by atoms with Crippen LogP contribution in [-0.4, -0.2) is 5.16 Å². The number of rotatable bonds is 0. The van der Waals surface area contributed by atoms with E-state index < -0.39 is 0 Å². The van der Waals surface area contributed by atoms with E-state index in [2.05, 4.69) is 105 Å². The Morgan fingerprint density at radius 1 is 0.556 bits per heavy atom. The van der Waals surface area contributed by atoms with Gasteiger partial charge in [-0.3, -0.25) is 0 Å². The van der Waals surface area contributed by atoms with Gasteiger partial charge in [-0.25, -0.2) is 0 Å². The molecule has 5 nitrogen and oxygen atoms in total. The summed E-state index contributed by atoms with van der Waals surface area (Å²) in [6.45, 7) is 43.6. The van der Waals surface area contributed by atoms with Crippen LogP contribution in [0.2, 0.25) is 0 Å². The van der Waals surface area contributed by atoms with Gasteiger partial charge in [-0.2, -0.15) is 0 Å². The van der Waals surface area contributed by atoms with Gasteiger partial charge in [-0.15, -0.1) is 9.24 Å². The number of hydrogen-bond donors (Lipinski definition) is 0. The van der Waals surface area contributed by atoms with E-state index in [1.54, 1.807) is 11.1 Å². The SMILES string of the molecule is CC(C)(C)C1=C(C(C)(C)C)C1(P)C(C)(C)C.[C-]#[O+].[C-]#[O+].[C-]#[O+].[C-]#[O+].[C-]#[O+].[Mo]. The van der Waals surface area contributed by atoms with E-state index in [-0.39, 0.29) is 37.1 Å². The van der Waals surface area contributed by atoms with Crippen LogP contribution in [0, 0.1) is 49.5 Å². The summed E-state index contributed by atoms with van der Waals surface area (Å²) in [6.07, 6.45) is 0. The minimum atomic E-state index is 0. The molecule has 1 rings (SSSR count). The summed E-state index contributed by atoms with van der Waals surface area (Å²) < 4.78 is 37.5. The third kappa shape index (κ3) is 11.9. The van der Waals surface area contributed by atoms with Crippen molar-refractivity contribution < 1.29 is 44.3 Å². The fourth-order valence-electron chi connectivity index (χ4n) is 2.98. The van der Waals surface area contributed by atoms with Crippen LogP contribution in [0.25, 0.3) is 0 Å². The molecule has 0 aromatic heterocycles. The summed E-state index contributed by atoms with van der Waals surface area (Å²) in [7, 11) is 3.15. The summed E-state index contributed by atoms with van der Waals surface area (Å²) >= 11 is 0. The number of hydrogen-bond acceptors (Lipinski definition) is 0. The summed E-state index contributed by atoms with van der Waals surface area (Å²) in [6, 6.07) is 0. The first kappa shape index (κ1) is 41.0. The maximum absolute atomic E-state index is 7.50. The van der Waals surface area contributed by atoms with E-state index in [4.69, 9.17) is 23.3 Å². The van der Waals surface area contributed by atoms with Gasteiger partial charge in [0.05, 0.1) is 0 Å². The molecule has 0 saturated heterocycles. The monoisotopic (exact) mass is 478 g/mol. The van der Waals surface area contributed by atoms with Crippen LogP contribution in [0.3, 0.4) is 0 Å². The summed E-state index contributed by atoms with van der Waals surface area (Å²) in [4.78, 5) is 0. The summed E-state index contributed by atoms with van der Waals surface area (Å²) in [5.74, 6) is 0. The average Bonchev–Trinajstić information content (AvgIpc) is 3.26. The van der Waals surface area contributed by atoms with Gasteiger partial charge < -0.3 is 0 Å². The molecule has 1 aliphatic rings. The van der Waals surface area contributed by atoms with Crippen molar-refractivity contribution in [2.75, 3.05) is 0 Å². The van der Waals surface area contributed by atoms with E-state index in [0.29, 0.717) is 5.41 Å². The maximum atomic E-state index is 7.50. The Hall–Kier alpha value is -0.442. The standard InChI is InChI=1S/C15H29P.5CO.Mo/c1-12(2,3)10-11(13(4,5)6)15(10,16)14(7,8)9;5*1-2;/h16H2,1-9H3;;;;;;. The van der Waals surface area contributed by atoms with Crippen molar-refractivity contribution in [2.24, 2.45) is 16.2 Å². The summed E-state index contributed by atoms with van der Waals surface area (Å²) in [5.41, 5.74) is 4.19. The molecule has 0 fully saturated rings. The average molecular weight is 476 g/mol.